The lowest BCUT2D eigenvalue weighted by Gasteiger charge is -2.14. The highest BCUT2D eigenvalue weighted by Gasteiger charge is 2.29. The van der Waals surface area contributed by atoms with Crippen LogP contribution in [-0.4, -0.2) is 43.2 Å². The molecule has 1 rings (SSSR count). The van der Waals surface area contributed by atoms with Crippen molar-refractivity contribution in [1.82, 2.24) is 4.37 Å². The first-order chi connectivity index (χ1) is 7.67. The fraction of sp³-hybridized carbons (Fsp3) is 0.571. The number of hydrogen-bond acceptors (Lipinski definition) is 7. The van der Waals surface area contributed by atoms with Gasteiger partial charge >= 0.3 is 0 Å². The number of alkyl halides is 2. The Morgan fingerprint density at radius 2 is 2.18 bits per heavy atom. The van der Waals surface area contributed by atoms with Crippen LogP contribution in [0.15, 0.2) is 4.90 Å². The molecule has 6 nitrogen and oxygen atoms in total. The predicted octanol–water partition coefficient (Wildman–Crippen LogP) is 0.168. The van der Waals surface area contributed by atoms with Gasteiger partial charge < -0.3 is 16.2 Å². The van der Waals surface area contributed by atoms with Gasteiger partial charge in [0.05, 0.1) is 6.54 Å². The molecular weight excluding hydrogens is 276 g/mol. The van der Waals surface area contributed by atoms with Gasteiger partial charge in [0, 0.05) is 6.26 Å². The number of nitrogens with zero attached hydrogens (tertiary/aromatic N) is 1. The van der Waals surface area contributed by atoms with E-state index in [0.717, 1.165) is 6.26 Å². The summed E-state index contributed by atoms with van der Waals surface area (Å²) < 4.78 is 51.8. The third-order valence-electron chi connectivity index (χ3n) is 1.78. The summed E-state index contributed by atoms with van der Waals surface area (Å²) in [6.45, 7) is -2.23. The van der Waals surface area contributed by atoms with Gasteiger partial charge in [-0.3, -0.25) is 0 Å². The van der Waals surface area contributed by atoms with Crippen molar-refractivity contribution in [3.8, 4) is 0 Å². The van der Waals surface area contributed by atoms with Crippen LogP contribution in [-0.2, 0) is 9.84 Å². The molecule has 1 aromatic heterocycles. The maximum Gasteiger partial charge on any atom is 0.287 e. The van der Waals surface area contributed by atoms with Crippen molar-refractivity contribution in [3.63, 3.8) is 0 Å². The monoisotopic (exact) mass is 287 g/mol. The van der Waals surface area contributed by atoms with Gasteiger partial charge in [-0.25, -0.2) is 17.2 Å². The normalized spacial score (nSPS) is 12.7. The standard InChI is InChI=1S/C7H11F2N3O3S2/c1-17(14,15)4-5(10)12-16-6(4)11-2-7(8,9)3-13/h11,13H,2-3H2,1H3,(H2,10,12). The van der Waals surface area contributed by atoms with Crippen LogP contribution >= 0.6 is 11.5 Å². The number of aliphatic hydroxyl groups excluding tert-OH is 1. The summed E-state index contributed by atoms with van der Waals surface area (Å²) in [5.74, 6) is -3.57. The zero-order valence-electron chi connectivity index (χ0n) is 8.77. The highest BCUT2D eigenvalue weighted by Crippen LogP contribution is 2.31. The number of nitrogens with two attached hydrogens (primary N) is 1. The number of anilines is 2. The van der Waals surface area contributed by atoms with Gasteiger partial charge in [-0.2, -0.15) is 4.37 Å². The number of nitrogen functional groups attached to an aromatic ring is 1. The summed E-state index contributed by atoms with van der Waals surface area (Å²) >= 11 is 0.674. The molecule has 0 radical (unpaired) electrons. The van der Waals surface area contributed by atoms with Gasteiger partial charge in [0.25, 0.3) is 5.92 Å². The van der Waals surface area contributed by atoms with E-state index in [1.54, 1.807) is 0 Å². The fourth-order valence-electron chi connectivity index (χ4n) is 1.03. The number of nitrogens with one attached hydrogen (secondary N) is 1. The molecule has 1 aromatic rings. The molecule has 98 valence electrons. The molecule has 0 aliphatic rings. The summed E-state index contributed by atoms with van der Waals surface area (Å²) in [4.78, 5) is -0.295. The molecule has 0 atom stereocenters. The van der Waals surface area contributed by atoms with Crippen molar-refractivity contribution in [1.29, 1.82) is 0 Å². The average molecular weight is 287 g/mol. The largest absolute Gasteiger partial charge is 0.390 e. The lowest BCUT2D eigenvalue weighted by atomic mass is 10.3. The molecule has 0 spiro atoms. The van der Waals surface area contributed by atoms with Gasteiger partial charge in [0.15, 0.2) is 15.7 Å². The first kappa shape index (κ1) is 14.1. The highest BCUT2D eigenvalue weighted by molar-refractivity contribution is 7.91. The van der Waals surface area contributed by atoms with Gasteiger partial charge in [-0.05, 0) is 11.5 Å². The Morgan fingerprint density at radius 1 is 1.59 bits per heavy atom. The second-order valence-corrected chi connectivity index (χ2v) is 6.09. The maximum atomic E-state index is 12.8. The molecule has 0 unspecified atom stereocenters. The van der Waals surface area contributed by atoms with E-state index in [-0.39, 0.29) is 15.7 Å². The van der Waals surface area contributed by atoms with Crippen molar-refractivity contribution in [2.45, 2.75) is 10.8 Å². The molecule has 10 heteroatoms. The van der Waals surface area contributed by atoms with Crippen LogP contribution in [0.4, 0.5) is 19.6 Å². The van der Waals surface area contributed by atoms with E-state index in [0.29, 0.717) is 11.5 Å². The molecule has 0 bridgehead atoms. The summed E-state index contributed by atoms with van der Waals surface area (Å²) in [7, 11) is -3.64. The van der Waals surface area contributed by atoms with Gasteiger partial charge in [-0.15, -0.1) is 0 Å². The van der Waals surface area contributed by atoms with Crippen LogP contribution in [0.1, 0.15) is 0 Å². The van der Waals surface area contributed by atoms with Crippen LogP contribution in [0, 0.1) is 0 Å². The minimum Gasteiger partial charge on any atom is -0.390 e. The van der Waals surface area contributed by atoms with E-state index in [1.165, 1.54) is 0 Å². The lowest BCUT2D eigenvalue weighted by Crippen LogP contribution is -2.31. The minimum absolute atomic E-state index is 0.0573. The average Bonchev–Trinajstić information content (AvgIpc) is 2.56. The Labute approximate surface area is 101 Å². The topological polar surface area (TPSA) is 105 Å². The Kier molecular flexibility index (Phi) is 3.89. The van der Waals surface area contributed by atoms with Crippen molar-refractivity contribution in [2.75, 3.05) is 30.5 Å². The van der Waals surface area contributed by atoms with Crippen molar-refractivity contribution in [3.05, 3.63) is 0 Å². The number of rotatable bonds is 5. The Hall–Kier alpha value is -1.00. The molecule has 0 aromatic carbocycles. The third kappa shape index (κ3) is 3.48. The number of aliphatic hydroxyl groups is 1. The number of halogens is 2. The summed E-state index contributed by atoms with van der Waals surface area (Å²) in [6, 6.07) is 0. The van der Waals surface area contributed by atoms with Gasteiger partial charge in [0.2, 0.25) is 0 Å². The quantitative estimate of drug-likeness (QED) is 0.713. The number of hydrogen-bond donors (Lipinski definition) is 3. The Bertz CT molecular complexity index is 500. The van der Waals surface area contributed by atoms with E-state index < -0.39 is 28.9 Å². The van der Waals surface area contributed by atoms with E-state index in [2.05, 4.69) is 9.69 Å². The molecule has 0 saturated heterocycles. The molecular formula is C7H11F2N3O3S2. The SMILES string of the molecule is CS(=O)(=O)c1c(N)nsc1NCC(F)(F)CO. The second-order valence-electron chi connectivity index (χ2n) is 3.37. The molecule has 1 heterocycles. The zero-order valence-corrected chi connectivity index (χ0v) is 10.4. The van der Waals surface area contributed by atoms with E-state index in [9.17, 15) is 17.2 Å². The second kappa shape index (κ2) is 4.70. The molecule has 0 saturated carbocycles. The summed E-state index contributed by atoms with van der Waals surface area (Å²) in [5.41, 5.74) is 5.34. The molecule has 4 N–H and O–H groups in total. The molecule has 0 aliphatic heterocycles. The van der Waals surface area contributed by atoms with Crippen molar-refractivity contribution >= 4 is 32.2 Å². The first-order valence-electron chi connectivity index (χ1n) is 4.35. The molecule has 0 fully saturated rings. The Balaban J connectivity index is 2.95. The van der Waals surface area contributed by atoms with Crippen LogP contribution in [0.5, 0.6) is 0 Å². The van der Waals surface area contributed by atoms with Crippen LogP contribution in [0.25, 0.3) is 0 Å². The molecule has 0 amide bonds. The maximum absolute atomic E-state index is 12.8. The highest BCUT2D eigenvalue weighted by atomic mass is 32.2. The number of aromatic nitrogens is 1. The van der Waals surface area contributed by atoms with E-state index in [4.69, 9.17) is 10.8 Å². The van der Waals surface area contributed by atoms with Crippen molar-refractivity contribution in [2.24, 2.45) is 0 Å². The Morgan fingerprint density at radius 3 is 2.65 bits per heavy atom. The summed E-state index contributed by atoms with van der Waals surface area (Å²) in [5, 5.41) is 10.5. The van der Waals surface area contributed by atoms with E-state index >= 15 is 0 Å². The molecule has 17 heavy (non-hydrogen) atoms. The first-order valence-corrected chi connectivity index (χ1v) is 7.01. The van der Waals surface area contributed by atoms with Crippen molar-refractivity contribution < 1.29 is 22.3 Å². The summed E-state index contributed by atoms with van der Waals surface area (Å²) in [6.07, 6.45) is 0.905. The molecule has 0 aliphatic carbocycles. The predicted molar refractivity (Wildman–Crippen MR) is 60.2 cm³/mol. The van der Waals surface area contributed by atoms with Crippen LogP contribution < -0.4 is 11.1 Å². The fourth-order valence-corrected chi connectivity index (χ4v) is 3.09. The lowest BCUT2D eigenvalue weighted by molar-refractivity contribution is -0.0372. The number of sulfone groups is 1. The van der Waals surface area contributed by atoms with E-state index in [1.807, 2.05) is 0 Å². The third-order valence-corrected chi connectivity index (χ3v) is 3.89. The van der Waals surface area contributed by atoms with Gasteiger partial charge in [0.1, 0.15) is 16.5 Å². The van der Waals surface area contributed by atoms with Crippen LogP contribution in [0.2, 0.25) is 0 Å². The minimum atomic E-state index is -3.64. The zero-order chi connectivity index (χ0) is 13.3. The smallest absolute Gasteiger partial charge is 0.287 e. The van der Waals surface area contributed by atoms with Crippen LogP contribution in [0.3, 0.4) is 0 Å². The van der Waals surface area contributed by atoms with Gasteiger partial charge in [-0.1, -0.05) is 0 Å².